The SMILES string of the molecule is CCCNC(=O)[C@H]1c2ccccc2CC(=O)N1CCC. The molecule has 20 heavy (non-hydrogen) atoms. The van der Waals surface area contributed by atoms with Crippen LogP contribution in [0.15, 0.2) is 24.3 Å². The summed E-state index contributed by atoms with van der Waals surface area (Å²) in [5.74, 6) is -0.0250. The summed E-state index contributed by atoms with van der Waals surface area (Å²) in [4.78, 5) is 26.4. The Kier molecular flexibility index (Phi) is 4.77. The third-order valence-electron chi connectivity index (χ3n) is 3.59. The molecule has 1 aromatic rings. The highest BCUT2D eigenvalue weighted by molar-refractivity contribution is 5.92. The third-order valence-corrected chi connectivity index (χ3v) is 3.59. The predicted octanol–water partition coefficient (Wildman–Crippen LogP) is 2.05. The molecule has 1 atom stereocenters. The number of hydrogen-bond donors (Lipinski definition) is 1. The molecule has 0 radical (unpaired) electrons. The minimum Gasteiger partial charge on any atom is -0.354 e. The zero-order chi connectivity index (χ0) is 14.5. The van der Waals surface area contributed by atoms with Crippen molar-refractivity contribution in [1.29, 1.82) is 0 Å². The summed E-state index contributed by atoms with van der Waals surface area (Å²) >= 11 is 0. The Balaban J connectivity index is 2.35. The minimum atomic E-state index is -0.473. The predicted molar refractivity (Wildman–Crippen MR) is 78.2 cm³/mol. The molecule has 0 saturated heterocycles. The van der Waals surface area contributed by atoms with Crippen LogP contribution in [0.5, 0.6) is 0 Å². The molecule has 108 valence electrons. The molecule has 1 aromatic carbocycles. The Morgan fingerprint density at radius 3 is 2.75 bits per heavy atom. The molecular formula is C16H22N2O2. The van der Waals surface area contributed by atoms with Gasteiger partial charge in [-0.1, -0.05) is 38.1 Å². The number of carbonyl (C=O) groups excluding carboxylic acids is 2. The van der Waals surface area contributed by atoms with Crippen molar-refractivity contribution >= 4 is 11.8 Å². The zero-order valence-electron chi connectivity index (χ0n) is 12.2. The van der Waals surface area contributed by atoms with Crippen LogP contribution in [0.25, 0.3) is 0 Å². The number of benzene rings is 1. The summed E-state index contributed by atoms with van der Waals surface area (Å²) in [6.45, 7) is 5.31. The number of amides is 2. The van der Waals surface area contributed by atoms with Gasteiger partial charge in [0.25, 0.3) is 0 Å². The molecule has 0 saturated carbocycles. The van der Waals surface area contributed by atoms with Crippen molar-refractivity contribution < 1.29 is 9.59 Å². The Bertz CT molecular complexity index is 499. The van der Waals surface area contributed by atoms with Gasteiger partial charge in [0.1, 0.15) is 6.04 Å². The molecule has 0 fully saturated rings. The van der Waals surface area contributed by atoms with Gasteiger partial charge in [0.2, 0.25) is 11.8 Å². The number of nitrogens with one attached hydrogen (secondary N) is 1. The van der Waals surface area contributed by atoms with E-state index >= 15 is 0 Å². The Morgan fingerprint density at radius 2 is 2.05 bits per heavy atom. The Hall–Kier alpha value is -1.84. The largest absolute Gasteiger partial charge is 0.354 e. The van der Waals surface area contributed by atoms with Gasteiger partial charge in [-0.05, 0) is 24.0 Å². The molecule has 0 bridgehead atoms. The number of nitrogens with zero attached hydrogens (tertiary/aromatic N) is 1. The summed E-state index contributed by atoms with van der Waals surface area (Å²) in [5.41, 5.74) is 1.94. The smallest absolute Gasteiger partial charge is 0.247 e. The van der Waals surface area contributed by atoms with E-state index in [0.717, 1.165) is 24.0 Å². The highest BCUT2D eigenvalue weighted by atomic mass is 16.2. The van der Waals surface area contributed by atoms with Crippen molar-refractivity contribution in [3.8, 4) is 0 Å². The van der Waals surface area contributed by atoms with Crippen LogP contribution in [-0.2, 0) is 16.0 Å². The van der Waals surface area contributed by atoms with Crippen molar-refractivity contribution in [3.05, 3.63) is 35.4 Å². The lowest BCUT2D eigenvalue weighted by atomic mass is 9.91. The van der Waals surface area contributed by atoms with Crippen molar-refractivity contribution in [3.63, 3.8) is 0 Å². The van der Waals surface area contributed by atoms with E-state index in [1.165, 1.54) is 0 Å². The topological polar surface area (TPSA) is 49.4 Å². The second-order valence-corrected chi connectivity index (χ2v) is 5.16. The standard InChI is InChI=1S/C16H22N2O2/c1-3-9-17-16(20)15-13-8-6-5-7-12(13)11-14(19)18(15)10-4-2/h5-8,15H,3-4,9-11H2,1-2H3,(H,17,20)/t15-/m1/s1. The molecule has 4 heteroatoms. The van der Waals surface area contributed by atoms with E-state index < -0.39 is 6.04 Å². The van der Waals surface area contributed by atoms with Gasteiger partial charge in [0.15, 0.2) is 0 Å². The lowest BCUT2D eigenvalue weighted by Gasteiger charge is -2.36. The van der Waals surface area contributed by atoms with Crippen LogP contribution in [0.1, 0.15) is 43.9 Å². The number of rotatable bonds is 5. The molecule has 4 nitrogen and oxygen atoms in total. The van der Waals surface area contributed by atoms with E-state index in [0.29, 0.717) is 19.5 Å². The van der Waals surface area contributed by atoms with E-state index in [9.17, 15) is 9.59 Å². The van der Waals surface area contributed by atoms with E-state index in [4.69, 9.17) is 0 Å². The first-order chi connectivity index (χ1) is 9.69. The number of hydrogen-bond acceptors (Lipinski definition) is 2. The molecule has 1 aliphatic heterocycles. The number of fused-ring (bicyclic) bond motifs is 1. The second-order valence-electron chi connectivity index (χ2n) is 5.16. The second kappa shape index (κ2) is 6.55. The maximum atomic E-state index is 12.4. The van der Waals surface area contributed by atoms with Gasteiger partial charge in [-0.2, -0.15) is 0 Å². The maximum Gasteiger partial charge on any atom is 0.247 e. The minimum absolute atomic E-state index is 0.0437. The first-order valence-electron chi connectivity index (χ1n) is 7.34. The molecule has 1 N–H and O–H groups in total. The summed E-state index contributed by atoms with van der Waals surface area (Å²) < 4.78 is 0. The molecule has 1 aliphatic rings. The van der Waals surface area contributed by atoms with Crippen LogP contribution in [0.4, 0.5) is 0 Å². The molecule has 0 aromatic heterocycles. The van der Waals surface area contributed by atoms with Crippen molar-refractivity contribution in [2.45, 2.75) is 39.2 Å². The van der Waals surface area contributed by atoms with Gasteiger partial charge in [-0.15, -0.1) is 0 Å². The van der Waals surface area contributed by atoms with E-state index in [-0.39, 0.29) is 11.8 Å². The summed E-state index contributed by atoms with van der Waals surface area (Å²) in [6, 6.07) is 7.28. The lowest BCUT2D eigenvalue weighted by molar-refractivity contribution is -0.141. The van der Waals surface area contributed by atoms with Crippen LogP contribution in [0.3, 0.4) is 0 Å². The quantitative estimate of drug-likeness (QED) is 0.893. The number of carbonyl (C=O) groups is 2. The van der Waals surface area contributed by atoms with E-state index in [2.05, 4.69) is 5.32 Å². The fourth-order valence-corrected chi connectivity index (χ4v) is 2.66. The fraction of sp³-hybridized carbons (Fsp3) is 0.500. The molecule has 0 aliphatic carbocycles. The average Bonchev–Trinajstić information content (AvgIpc) is 2.45. The van der Waals surface area contributed by atoms with Crippen LogP contribution >= 0.6 is 0 Å². The third kappa shape index (κ3) is 2.84. The summed E-state index contributed by atoms with van der Waals surface area (Å²) in [7, 11) is 0. The molecule has 2 amide bonds. The highest BCUT2D eigenvalue weighted by Gasteiger charge is 2.36. The molecular weight excluding hydrogens is 252 g/mol. The molecule has 0 spiro atoms. The van der Waals surface area contributed by atoms with E-state index in [1.54, 1.807) is 4.90 Å². The van der Waals surface area contributed by atoms with Gasteiger partial charge in [-0.25, -0.2) is 0 Å². The molecule has 1 heterocycles. The first-order valence-corrected chi connectivity index (χ1v) is 7.34. The average molecular weight is 274 g/mol. The van der Waals surface area contributed by atoms with Gasteiger partial charge in [0.05, 0.1) is 6.42 Å². The van der Waals surface area contributed by atoms with Crippen LogP contribution < -0.4 is 5.32 Å². The Morgan fingerprint density at radius 1 is 1.30 bits per heavy atom. The first kappa shape index (κ1) is 14.6. The van der Waals surface area contributed by atoms with Crippen molar-refractivity contribution in [1.82, 2.24) is 10.2 Å². The van der Waals surface area contributed by atoms with Gasteiger partial charge in [-0.3, -0.25) is 9.59 Å². The fourth-order valence-electron chi connectivity index (χ4n) is 2.66. The van der Waals surface area contributed by atoms with Crippen molar-refractivity contribution in [2.24, 2.45) is 0 Å². The van der Waals surface area contributed by atoms with Crippen molar-refractivity contribution in [2.75, 3.05) is 13.1 Å². The van der Waals surface area contributed by atoms with Gasteiger partial charge < -0.3 is 10.2 Å². The lowest BCUT2D eigenvalue weighted by Crippen LogP contribution is -2.47. The molecule has 2 rings (SSSR count). The van der Waals surface area contributed by atoms with Crippen LogP contribution in [-0.4, -0.2) is 29.8 Å². The van der Waals surface area contributed by atoms with Crippen LogP contribution in [0.2, 0.25) is 0 Å². The maximum absolute atomic E-state index is 12.4. The Labute approximate surface area is 120 Å². The normalized spacial score (nSPS) is 17.8. The van der Waals surface area contributed by atoms with Gasteiger partial charge in [0, 0.05) is 13.1 Å². The van der Waals surface area contributed by atoms with Crippen LogP contribution in [0, 0.1) is 0 Å². The highest BCUT2D eigenvalue weighted by Crippen LogP contribution is 2.30. The zero-order valence-corrected chi connectivity index (χ0v) is 12.2. The summed E-state index contributed by atoms with van der Waals surface area (Å²) in [5, 5.41) is 2.92. The van der Waals surface area contributed by atoms with E-state index in [1.807, 2.05) is 38.1 Å². The molecule has 0 unspecified atom stereocenters. The summed E-state index contributed by atoms with van der Waals surface area (Å²) in [6.07, 6.45) is 2.14. The monoisotopic (exact) mass is 274 g/mol. The van der Waals surface area contributed by atoms with Gasteiger partial charge >= 0.3 is 0 Å².